The molecule has 0 fully saturated rings. The molecule has 0 saturated heterocycles. The number of rotatable bonds is 2. The number of carbonyl (C=O) groups excluding carboxylic acids is 1. The topological polar surface area (TPSA) is 60.4 Å². The molecule has 5 heteroatoms. The Bertz CT molecular complexity index is 1320. The molecule has 150 valence electrons. The van der Waals surface area contributed by atoms with E-state index in [0.717, 1.165) is 16.9 Å². The summed E-state index contributed by atoms with van der Waals surface area (Å²) in [6.07, 6.45) is 3.30. The van der Waals surface area contributed by atoms with Gasteiger partial charge in [0.15, 0.2) is 5.78 Å². The fourth-order valence-corrected chi connectivity index (χ4v) is 4.46. The van der Waals surface area contributed by atoms with Crippen molar-refractivity contribution in [1.29, 1.82) is 0 Å². The highest BCUT2D eigenvalue weighted by atomic mass is 16.4. The van der Waals surface area contributed by atoms with Gasteiger partial charge in [0.25, 0.3) is 5.52 Å². The zero-order valence-electron chi connectivity index (χ0n) is 17.4. The monoisotopic (exact) mass is 398 g/mol. The van der Waals surface area contributed by atoms with Crippen molar-refractivity contribution in [3.05, 3.63) is 88.7 Å². The van der Waals surface area contributed by atoms with Crippen LogP contribution in [-0.4, -0.2) is 12.8 Å². The summed E-state index contributed by atoms with van der Waals surface area (Å²) >= 11 is 0. The van der Waals surface area contributed by atoms with Crippen molar-refractivity contribution in [2.24, 2.45) is 7.05 Å². The lowest BCUT2D eigenvalue weighted by Gasteiger charge is -2.31. The Morgan fingerprint density at radius 1 is 1.07 bits per heavy atom. The van der Waals surface area contributed by atoms with E-state index in [2.05, 4.69) is 30.9 Å². The number of fused-ring (bicyclic) bond motifs is 2. The number of likely N-dealkylation sites (N-methyl/N-ethyl adjacent to an activating group) is 1. The second kappa shape index (κ2) is 6.20. The summed E-state index contributed by atoms with van der Waals surface area (Å²) in [5.74, 6) is -0.00783. The van der Waals surface area contributed by atoms with Crippen LogP contribution >= 0.6 is 0 Å². The maximum atomic E-state index is 12.8. The van der Waals surface area contributed by atoms with Gasteiger partial charge in [-0.3, -0.25) is 4.79 Å². The molecule has 1 aromatic heterocycles. The van der Waals surface area contributed by atoms with Gasteiger partial charge < -0.3 is 14.4 Å². The first kappa shape index (κ1) is 18.4. The van der Waals surface area contributed by atoms with Crippen molar-refractivity contribution in [1.82, 2.24) is 0 Å². The first-order chi connectivity index (χ1) is 14.3. The first-order valence-electron chi connectivity index (χ1n) is 9.91. The van der Waals surface area contributed by atoms with E-state index in [1.807, 2.05) is 55.1 Å². The predicted octanol–water partition coefficient (Wildman–Crippen LogP) is 3.15. The molecule has 30 heavy (non-hydrogen) atoms. The molecule has 0 atom stereocenters. The molecule has 0 amide bonds. The van der Waals surface area contributed by atoms with Gasteiger partial charge in [-0.2, -0.15) is 4.57 Å². The average Bonchev–Trinajstić information content (AvgIpc) is 3.16. The Hall–Kier alpha value is -3.60. The van der Waals surface area contributed by atoms with E-state index in [9.17, 15) is 9.90 Å². The van der Waals surface area contributed by atoms with Gasteiger partial charge in [0.05, 0.1) is 6.08 Å². The highest BCUT2D eigenvalue weighted by Crippen LogP contribution is 2.47. The lowest BCUT2D eigenvalue weighted by atomic mass is 9.80. The van der Waals surface area contributed by atoms with Gasteiger partial charge >= 0.3 is 5.89 Å². The number of nitrogens with zero attached hydrogens (tertiary/aromatic N) is 2. The molecule has 0 N–H and O–H groups in total. The fourth-order valence-electron chi connectivity index (χ4n) is 4.46. The SMILES string of the molecule is CN1/C(=C/C2=C([O-])C(=C/c3oc4ccccc4[n+]3C)/C2=O)C(C)(C)c2ccccc21. The van der Waals surface area contributed by atoms with E-state index in [1.165, 1.54) is 5.56 Å². The van der Waals surface area contributed by atoms with Gasteiger partial charge in [-0.25, -0.2) is 0 Å². The molecule has 0 unspecified atom stereocenters. The van der Waals surface area contributed by atoms with E-state index in [-0.39, 0.29) is 28.1 Å². The van der Waals surface area contributed by atoms with E-state index >= 15 is 0 Å². The number of para-hydroxylation sites is 3. The molecule has 0 bridgehead atoms. The van der Waals surface area contributed by atoms with E-state index < -0.39 is 0 Å². The van der Waals surface area contributed by atoms with Crippen LogP contribution in [0.5, 0.6) is 0 Å². The van der Waals surface area contributed by atoms with Crippen molar-refractivity contribution < 1.29 is 18.9 Å². The van der Waals surface area contributed by atoms with Gasteiger partial charge in [-0.1, -0.05) is 49.9 Å². The van der Waals surface area contributed by atoms with Crippen LogP contribution in [0.25, 0.3) is 17.2 Å². The fraction of sp³-hybridized carbons (Fsp3) is 0.200. The molecule has 0 radical (unpaired) electrons. The second-order valence-electron chi connectivity index (χ2n) is 8.33. The molecule has 2 heterocycles. The Morgan fingerprint density at radius 2 is 1.77 bits per heavy atom. The van der Waals surface area contributed by atoms with Gasteiger partial charge in [-0.05, 0) is 23.8 Å². The molecule has 2 aliphatic rings. The van der Waals surface area contributed by atoms with Gasteiger partial charge in [-0.15, -0.1) is 0 Å². The summed E-state index contributed by atoms with van der Waals surface area (Å²) in [5, 5.41) is 12.8. The lowest BCUT2D eigenvalue weighted by molar-refractivity contribution is -0.652. The molecule has 5 nitrogen and oxygen atoms in total. The molecular formula is C25H22N2O3. The van der Waals surface area contributed by atoms with Crippen molar-refractivity contribution in [3.8, 4) is 0 Å². The predicted molar refractivity (Wildman–Crippen MR) is 113 cm³/mol. The van der Waals surface area contributed by atoms with E-state index in [1.54, 1.807) is 12.2 Å². The van der Waals surface area contributed by atoms with Gasteiger partial charge in [0, 0.05) is 41.1 Å². The Labute approximate surface area is 174 Å². The quantitative estimate of drug-likeness (QED) is 0.492. The zero-order valence-corrected chi connectivity index (χ0v) is 17.4. The zero-order chi connectivity index (χ0) is 21.2. The number of Topliss-reactive ketones (excluding diaryl/α,β-unsaturated/α-hetero) is 1. The number of hydrogen-bond donors (Lipinski definition) is 0. The van der Waals surface area contributed by atoms with Crippen molar-refractivity contribution in [3.63, 3.8) is 0 Å². The third kappa shape index (κ3) is 2.41. The summed E-state index contributed by atoms with van der Waals surface area (Å²) in [5.41, 5.74) is 4.93. The summed E-state index contributed by atoms with van der Waals surface area (Å²) < 4.78 is 7.65. The van der Waals surface area contributed by atoms with E-state index in [0.29, 0.717) is 11.5 Å². The molecule has 0 spiro atoms. The number of hydrogen-bond acceptors (Lipinski definition) is 4. The summed E-state index contributed by atoms with van der Waals surface area (Å²) in [6.45, 7) is 4.22. The van der Waals surface area contributed by atoms with Crippen LogP contribution in [0.1, 0.15) is 25.3 Å². The standard InChI is InChI=1S/C25H22N2O3/c1-25(2)17-9-5-6-10-18(17)26(3)21(25)13-15-23(28)16(24(15)29)14-22-27(4)19-11-7-8-12-20(19)30-22/h5-14H,1-4H3. The lowest BCUT2D eigenvalue weighted by Crippen LogP contribution is -2.33. The summed E-state index contributed by atoms with van der Waals surface area (Å²) in [6, 6.07) is 15.8. The summed E-state index contributed by atoms with van der Waals surface area (Å²) in [4.78, 5) is 14.9. The van der Waals surface area contributed by atoms with Gasteiger partial charge in [0.2, 0.25) is 5.58 Å². The minimum atomic E-state index is -0.288. The smallest absolute Gasteiger partial charge is 0.374 e. The number of aromatic nitrogens is 1. The van der Waals surface area contributed by atoms with Crippen LogP contribution in [0.3, 0.4) is 0 Å². The first-order valence-corrected chi connectivity index (χ1v) is 9.91. The van der Waals surface area contributed by atoms with E-state index in [4.69, 9.17) is 4.42 Å². The number of allylic oxidation sites excluding steroid dienone is 4. The second-order valence-corrected chi connectivity index (χ2v) is 8.33. The third-order valence-corrected chi connectivity index (χ3v) is 6.24. The van der Waals surface area contributed by atoms with Crippen LogP contribution in [0, 0.1) is 0 Å². The highest BCUT2D eigenvalue weighted by molar-refractivity contribution is 6.23. The van der Waals surface area contributed by atoms with Crippen LogP contribution in [0.15, 0.2) is 81.6 Å². The third-order valence-electron chi connectivity index (χ3n) is 6.24. The maximum absolute atomic E-state index is 12.8. The highest BCUT2D eigenvalue weighted by Gasteiger charge is 2.39. The molecule has 1 aliphatic carbocycles. The Morgan fingerprint density at radius 3 is 2.47 bits per heavy atom. The van der Waals surface area contributed by atoms with Gasteiger partial charge in [0.1, 0.15) is 7.05 Å². The molecule has 5 rings (SSSR count). The number of oxazole rings is 1. The molecular weight excluding hydrogens is 376 g/mol. The Balaban J connectivity index is 1.55. The number of aryl methyl sites for hydroxylation is 1. The summed E-state index contributed by atoms with van der Waals surface area (Å²) in [7, 11) is 3.82. The average molecular weight is 398 g/mol. The molecule has 3 aromatic rings. The minimum Gasteiger partial charge on any atom is -0.871 e. The van der Waals surface area contributed by atoms with Crippen molar-refractivity contribution in [2.75, 3.05) is 11.9 Å². The largest absolute Gasteiger partial charge is 0.871 e. The minimum absolute atomic E-state index is 0.160. The normalized spacial score (nSPS) is 20.4. The van der Waals surface area contributed by atoms with Crippen molar-refractivity contribution >= 4 is 28.6 Å². The van der Waals surface area contributed by atoms with Crippen LogP contribution in [0.4, 0.5) is 5.69 Å². The number of carbonyl (C=O) groups is 1. The van der Waals surface area contributed by atoms with Crippen LogP contribution in [-0.2, 0) is 17.3 Å². The van der Waals surface area contributed by atoms with Crippen LogP contribution in [0.2, 0.25) is 0 Å². The number of ketones is 1. The molecule has 2 aromatic carbocycles. The molecule has 0 saturated carbocycles. The number of benzene rings is 2. The van der Waals surface area contributed by atoms with Crippen molar-refractivity contribution in [2.45, 2.75) is 19.3 Å². The van der Waals surface area contributed by atoms with Crippen LogP contribution < -0.4 is 14.6 Å². The maximum Gasteiger partial charge on any atom is 0.374 e. The number of anilines is 1. The molecule has 1 aliphatic heterocycles. The Kier molecular flexibility index (Phi) is 3.81.